The van der Waals surface area contributed by atoms with E-state index in [1.807, 2.05) is 31.3 Å². The minimum atomic E-state index is -0.295. The third-order valence-electron chi connectivity index (χ3n) is 4.04. The van der Waals surface area contributed by atoms with Crippen LogP contribution in [0.1, 0.15) is 18.9 Å². The van der Waals surface area contributed by atoms with Gasteiger partial charge in [0.05, 0.1) is 0 Å². The first-order chi connectivity index (χ1) is 11.2. The fraction of sp³-hybridized carbons (Fsp3) is 0.211. The second kappa shape index (κ2) is 6.65. The van der Waals surface area contributed by atoms with E-state index in [1.165, 1.54) is 12.1 Å². The Morgan fingerprint density at radius 2 is 1.87 bits per heavy atom. The summed E-state index contributed by atoms with van der Waals surface area (Å²) in [6.45, 7) is 2.49. The summed E-state index contributed by atoms with van der Waals surface area (Å²) in [5, 5.41) is 1.16. The summed E-state index contributed by atoms with van der Waals surface area (Å²) in [5.41, 5.74) is 2.96. The molecule has 118 valence electrons. The maximum Gasteiger partial charge on any atom is 0.227 e. The van der Waals surface area contributed by atoms with Gasteiger partial charge in [0.1, 0.15) is 5.82 Å². The first kappa shape index (κ1) is 15.3. The van der Waals surface area contributed by atoms with Crippen molar-refractivity contribution in [2.45, 2.75) is 19.8 Å². The van der Waals surface area contributed by atoms with Crippen molar-refractivity contribution in [3.8, 4) is 0 Å². The zero-order chi connectivity index (χ0) is 16.2. The Hall–Kier alpha value is -2.62. The number of halogens is 1. The van der Waals surface area contributed by atoms with Gasteiger partial charge >= 0.3 is 0 Å². The zero-order valence-corrected chi connectivity index (χ0v) is 13.1. The summed E-state index contributed by atoms with van der Waals surface area (Å²) in [6.07, 6.45) is 3.07. The van der Waals surface area contributed by atoms with Gasteiger partial charge in [0, 0.05) is 35.8 Å². The molecule has 2 aromatic carbocycles. The molecule has 23 heavy (non-hydrogen) atoms. The van der Waals surface area contributed by atoms with Gasteiger partial charge in [-0.25, -0.2) is 4.39 Å². The van der Waals surface area contributed by atoms with Gasteiger partial charge in [0.15, 0.2) is 0 Å². The number of aromatic nitrogens is 1. The molecule has 1 amide bonds. The molecule has 1 aromatic heterocycles. The molecule has 0 spiro atoms. The van der Waals surface area contributed by atoms with E-state index in [1.54, 1.807) is 17.0 Å². The van der Waals surface area contributed by atoms with Crippen molar-refractivity contribution < 1.29 is 9.18 Å². The molecule has 0 unspecified atom stereocenters. The van der Waals surface area contributed by atoms with E-state index in [9.17, 15) is 9.18 Å². The zero-order valence-electron chi connectivity index (χ0n) is 13.1. The second-order valence-corrected chi connectivity index (χ2v) is 5.47. The summed E-state index contributed by atoms with van der Waals surface area (Å²) >= 11 is 0. The van der Waals surface area contributed by atoms with E-state index in [0.717, 1.165) is 22.2 Å². The van der Waals surface area contributed by atoms with Crippen molar-refractivity contribution in [1.29, 1.82) is 0 Å². The van der Waals surface area contributed by atoms with Crippen LogP contribution in [-0.4, -0.2) is 17.4 Å². The lowest BCUT2D eigenvalue weighted by Gasteiger charge is -2.21. The largest absolute Gasteiger partial charge is 0.361 e. The van der Waals surface area contributed by atoms with Crippen LogP contribution in [0.3, 0.4) is 0 Å². The van der Waals surface area contributed by atoms with E-state index >= 15 is 0 Å². The number of hydrogen-bond donors (Lipinski definition) is 1. The number of H-pyrrole nitrogens is 1. The van der Waals surface area contributed by atoms with Crippen molar-refractivity contribution in [2.24, 2.45) is 0 Å². The van der Waals surface area contributed by atoms with Gasteiger partial charge in [-0.05, 0) is 49.2 Å². The molecular formula is C19H19FN2O. The van der Waals surface area contributed by atoms with Crippen LogP contribution in [0.2, 0.25) is 0 Å². The van der Waals surface area contributed by atoms with Gasteiger partial charge in [-0.15, -0.1) is 0 Å². The Morgan fingerprint density at radius 3 is 2.61 bits per heavy atom. The SMILES string of the molecule is CCN(C(=O)CCc1c[nH]c2ccccc12)c1ccc(F)cc1. The summed E-state index contributed by atoms with van der Waals surface area (Å²) in [5.74, 6) is -0.250. The van der Waals surface area contributed by atoms with Crippen molar-refractivity contribution in [3.05, 3.63) is 66.1 Å². The number of para-hydroxylation sites is 1. The molecule has 0 bridgehead atoms. The lowest BCUT2D eigenvalue weighted by molar-refractivity contribution is -0.118. The molecule has 3 nitrogen and oxygen atoms in total. The molecule has 0 aliphatic carbocycles. The predicted molar refractivity (Wildman–Crippen MR) is 91.0 cm³/mol. The predicted octanol–water partition coefficient (Wildman–Crippen LogP) is 4.29. The number of fused-ring (bicyclic) bond motifs is 1. The highest BCUT2D eigenvalue weighted by Crippen LogP contribution is 2.21. The van der Waals surface area contributed by atoms with Crippen molar-refractivity contribution in [3.63, 3.8) is 0 Å². The third kappa shape index (κ3) is 3.26. The Kier molecular flexibility index (Phi) is 4.42. The first-order valence-electron chi connectivity index (χ1n) is 7.80. The number of rotatable bonds is 5. The van der Waals surface area contributed by atoms with E-state index in [0.29, 0.717) is 19.4 Å². The highest BCUT2D eigenvalue weighted by molar-refractivity contribution is 5.93. The number of nitrogens with one attached hydrogen (secondary N) is 1. The molecule has 0 radical (unpaired) electrons. The molecule has 1 N–H and O–H groups in total. The Bertz CT molecular complexity index is 808. The lowest BCUT2D eigenvalue weighted by Crippen LogP contribution is -2.30. The highest BCUT2D eigenvalue weighted by atomic mass is 19.1. The van der Waals surface area contributed by atoms with Crippen molar-refractivity contribution in [1.82, 2.24) is 4.98 Å². The molecule has 0 aliphatic heterocycles. The fourth-order valence-electron chi connectivity index (χ4n) is 2.84. The van der Waals surface area contributed by atoms with Gasteiger partial charge in [0.2, 0.25) is 5.91 Å². The minimum Gasteiger partial charge on any atom is -0.361 e. The van der Waals surface area contributed by atoms with E-state index < -0.39 is 0 Å². The van der Waals surface area contributed by atoms with E-state index in [4.69, 9.17) is 0 Å². The van der Waals surface area contributed by atoms with Gasteiger partial charge in [-0.3, -0.25) is 4.79 Å². The normalized spacial score (nSPS) is 10.9. The minimum absolute atomic E-state index is 0.0457. The topological polar surface area (TPSA) is 36.1 Å². The summed E-state index contributed by atoms with van der Waals surface area (Å²) in [6, 6.07) is 14.1. The number of anilines is 1. The Morgan fingerprint density at radius 1 is 1.13 bits per heavy atom. The van der Waals surface area contributed by atoms with Gasteiger partial charge < -0.3 is 9.88 Å². The highest BCUT2D eigenvalue weighted by Gasteiger charge is 2.14. The van der Waals surface area contributed by atoms with Crippen LogP contribution in [0.5, 0.6) is 0 Å². The Labute approximate surface area is 134 Å². The second-order valence-electron chi connectivity index (χ2n) is 5.47. The Balaban J connectivity index is 1.71. The molecule has 0 aliphatic rings. The number of benzene rings is 2. The van der Waals surface area contributed by atoms with Crippen LogP contribution in [-0.2, 0) is 11.2 Å². The molecule has 0 saturated carbocycles. The van der Waals surface area contributed by atoms with Crippen LogP contribution >= 0.6 is 0 Å². The number of carbonyl (C=O) groups is 1. The molecule has 3 rings (SSSR count). The molecule has 0 atom stereocenters. The molecule has 1 heterocycles. The van der Waals surface area contributed by atoms with Crippen molar-refractivity contribution >= 4 is 22.5 Å². The van der Waals surface area contributed by atoms with Gasteiger partial charge in [-0.2, -0.15) is 0 Å². The third-order valence-corrected chi connectivity index (χ3v) is 4.04. The number of aromatic amines is 1. The molecule has 0 fully saturated rings. The number of carbonyl (C=O) groups excluding carboxylic acids is 1. The van der Waals surface area contributed by atoms with Crippen molar-refractivity contribution in [2.75, 3.05) is 11.4 Å². The van der Waals surface area contributed by atoms with Crippen LogP contribution in [0.15, 0.2) is 54.7 Å². The monoisotopic (exact) mass is 310 g/mol. The summed E-state index contributed by atoms with van der Waals surface area (Å²) in [7, 11) is 0. The average Bonchev–Trinajstić information content (AvgIpc) is 2.98. The number of aryl methyl sites for hydroxylation is 1. The van der Waals surface area contributed by atoms with Crippen LogP contribution in [0.4, 0.5) is 10.1 Å². The van der Waals surface area contributed by atoms with Crippen LogP contribution < -0.4 is 4.90 Å². The number of amides is 1. The fourth-order valence-corrected chi connectivity index (χ4v) is 2.84. The number of nitrogens with zero attached hydrogens (tertiary/aromatic N) is 1. The molecule has 3 aromatic rings. The molecule has 0 saturated heterocycles. The smallest absolute Gasteiger partial charge is 0.227 e. The standard InChI is InChI=1S/C19H19FN2O/c1-2-22(16-10-8-15(20)9-11-16)19(23)12-7-14-13-21-18-6-4-3-5-17(14)18/h3-6,8-11,13,21H,2,7,12H2,1H3. The average molecular weight is 310 g/mol. The van der Waals surface area contributed by atoms with E-state index in [2.05, 4.69) is 11.1 Å². The molecule has 4 heteroatoms. The first-order valence-corrected chi connectivity index (χ1v) is 7.80. The van der Waals surface area contributed by atoms with Gasteiger partial charge in [-0.1, -0.05) is 18.2 Å². The summed E-state index contributed by atoms with van der Waals surface area (Å²) in [4.78, 5) is 17.4. The maximum atomic E-state index is 13.0. The van der Waals surface area contributed by atoms with Gasteiger partial charge in [0.25, 0.3) is 0 Å². The maximum absolute atomic E-state index is 13.0. The number of hydrogen-bond acceptors (Lipinski definition) is 1. The van der Waals surface area contributed by atoms with Crippen LogP contribution in [0, 0.1) is 5.82 Å². The van der Waals surface area contributed by atoms with E-state index in [-0.39, 0.29) is 11.7 Å². The molecular weight excluding hydrogens is 291 g/mol. The summed E-state index contributed by atoms with van der Waals surface area (Å²) < 4.78 is 13.0. The lowest BCUT2D eigenvalue weighted by atomic mass is 10.1. The van der Waals surface area contributed by atoms with Crippen LogP contribution in [0.25, 0.3) is 10.9 Å². The quantitative estimate of drug-likeness (QED) is 0.749.